The maximum Gasteiger partial charge on any atom is 0.338 e. The third kappa shape index (κ3) is 4.22. The molecule has 3 aromatic rings. The first-order valence-corrected chi connectivity index (χ1v) is 9.63. The van der Waals surface area contributed by atoms with Gasteiger partial charge in [0.2, 0.25) is 0 Å². The number of carbonyl (C=O) groups excluding carboxylic acids is 1. The number of hydrogen-bond acceptors (Lipinski definition) is 3. The largest absolute Gasteiger partial charge is 0.462 e. The molecule has 0 aliphatic heterocycles. The fraction of sp³-hybridized carbons (Fsp3) is 0.250. The highest BCUT2D eigenvalue weighted by molar-refractivity contribution is 5.90. The number of aromatic nitrogens is 1. The number of nitrogens with zero attached hydrogens (tertiary/aromatic N) is 2. The Balaban J connectivity index is 1.82. The van der Waals surface area contributed by atoms with E-state index in [9.17, 15) is 4.79 Å². The first-order valence-electron chi connectivity index (χ1n) is 9.63. The van der Waals surface area contributed by atoms with Gasteiger partial charge in [0, 0.05) is 28.9 Å². The molecule has 4 nitrogen and oxygen atoms in total. The van der Waals surface area contributed by atoms with Crippen LogP contribution in [0.5, 0.6) is 0 Å². The van der Waals surface area contributed by atoms with Gasteiger partial charge in [0.05, 0.1) is 17.9 Å². The summed E-state index contributed by atoms with van der Waals surface area (Å²) in [4.78, 5) is 16.3. The Morgan fingerprint density at radius 1 is 1.04 bits per heavy atom. The number of aliphatic imine (C=N–C) groups is 1. The smallest absolute Gasteiger partial charge is 0.338 e. The lowest BCUT2D eigenvalue weighted by molar-refractivity contribution is 0.0526. The maximum atomic E-state index is 11.7. The van der Waals surface area contributed by atoms with E-state index < -0.39 is 0 Å². The number of esters is 1. The molecule has 28 heavy (non-hydrogen) atoms. The van der Waals surface area contributed by atoms with Crippen molar-refractivity contribution in [2.75, 3.05) is 6.61 Å². The summed E-state index contributed by atoms with van der Waals surface area (Å²) >= 11 is 0. The number of benzene rings is 2. The van der Waals surface area contributed by atoms with Crippen molar-refractivity contribution in [2.45, 2.75) is 34.1 Å². The third-order valence-electron chi connectivity index (χ3n) is 4.80. The average Bonchev–Trinajstić information content (AvgIpc) is 3.00. The molecular formula is C24H26N2O2. The van der Waals surface area contributed by atoms with Crippen molar-refractivity contribution in [2.24, 2.45) is 4.99 Å². The van der Waals surface area contributed by atoms with Crippen molar-refractivity contribution in [3.63, 3.8) is 0 Å². The van der Waals surface area contributed by atoms with E-state index in [0.29, 0.717) is 12.2 Å². The van der Waals surface area contributed by atoms with Crippen molar-refractivity contribution in [3.8, 4) is 5.69 Å². The predicted molar refractivity (Wildman–Crippen MR) is 114 cm³/mol. The van der Waals surface area contributed by atoms with E-state index in [1.807, 2.05) is 18.3 Å². The standard InChI is InChI=1S/C24H26N2O2/c1-5-19-7-13-23(14-8-19)26-17(3)15-21(18(26)4)16-25-22-11-9-20(10-12-22)24(27)28-6-2/h7-16H,5-6H2,1-4H3. The number of aryl methyl sites for hydroxylation is 2. The Morgan fingerprint density at radius 2 is 1.71 bits per heavy atom. The minimum absolute atomic E-state index is 0.310. The van der Waals surface area contributed by atoms with Crippen LogP contribution in [0.25, 0.3) is 5.69 Å². The lowest BCUT2D eigenvalue weighted by Crippen LogP contribution is -2.03. The molecule has 0 N–H and O–H groups in total. The minimum Gasteiger partial charge on any atom is -0.462 e. The first-order chi connectivity index (χ1) is 13.5. The summed E-state index contributed by atoms with van der Waals surface area (Å²) in [5.41, 5.74) is 7.21. The zero-order valence-corrected chi connectivity index (χ0v) is 16.9. The van der Waals surface area contributed by atoms with Crippen LogP contribution in [0.4, 0.5) is 5.69 Å². The van der Waals surface area contributed by atoms with E-state index in [1.54, 1.807) is 19.1 Å². The summed E-state index contributed by atoms with van der Waals surface area (Å²) in [5, 5.41) is 0. The molecular weight excluding hydrogens is 348 g/mol. The third-order valence-corrected chi connectivity index (χ3v) is 4.80. The Hall–Kier alpha value is -3.14. The highest BCUT2D eigenvalue weighted by atomic mass is 16.5. The number of rotatable bonds is 6. The van der Waals surface area contributed by atoms with Crippen LogP contribution in [-0.2, 0) is 11.2 Å². The van der Waals surface area contributed by atoms with Crippen molar-refractivity contribution in [1.82, 2.24) is 4.57 Å². The summed E-state index contributed by atoms with van der Waals surface area (Å²) in [7, 11) is 0. The Labute approximate surface area is 166 Å². The van der Waals surface area contributed by atoms with Crippen molar-refractivity contribution >= 4 is 17.9 Å². The number of ether oxygens (including phenoxy) is 1. The molecule has 3 rings (SSSR count). The molecule has 0 amide bonds. The SMILES string of the molecule is CCOC(=O)c1ccc(N=Cc2cc(C)n(-c3ccc(CC)cc3)c2C)cc1. The molecule has 0 fully saturated rings. The maximum absolute atomic E-state index is 11.7. The molecule has 0 saturated carbocycles. The van der Waals surface area contributed by atoms with E-state index in [4.69, 9.17) is 4.74 Å². The Kier molecular flexibility index (Phi) is 6.09. The van der Waals surface area contributed by atoms with E-state index in [2.05, 4.69) is 60.7 Å². The molecule has 0 atom stereocenters. The van der Waals surface area contributed by atoms with Crippen LogP contribution in [0.15, 0.2) is 59.6 Å². The van der Waals surface area contributed by atoms with Crippen LogP contribution < -0.4 is 0 Å². The van der Waals surface area contributed by atoms with Gasteiger partial charge in [-0.05, 0) is 75.2 Å². The summed E-state index contributed by atoms with van der Waals surface area (Å²) < 4.78 is 7.25. The van der Waals surface area contributed by atoms with Gasteiger partial charge >= 0.3 is 5.97 Å². The lowest BCUT2D eigenvalue weighted by atomic mass is 10.1. The van der Waals surface area contributed by atoms with E-state index >= 15 is 0 Å². The van der Waals surface area contributed by atoms with Crippen LogP contribution in [0.3, 0.4) is 0 Å². The van der Waals surface area contributed by atoms with Crippen LogP contribution in [0, 0.1) is 13.8 Å². The molecule has 1 heterocycles. The molecule has 0 saturated heterocycles. The van der Waals surface area contributed by atoms with Crippen LogP contribution >= 0.6 is 0 Å². The van der Waals surface area contributed by atoms with Crippen molar-refractivity contribution in [1.29, 1.82) is 0 Å². The molecule has 4 heteroatoms. The summed E-state index contributed by atoms with van der Waals surface area (Å²) in [5.74, 6) is -0.310. The van der Waals surface area contributed by atoms with Gasteiger partial charge in [-0.25, -0.2) is 4.79 Å². The first kappa shape index (κ1) is 19.6. The molecule has 2 aromatic carbocycles. The Bertz CT molecular complexity index is 981. The van der Waals surface area contributed by atoms with Crippen molar-refractivity contribution in [3.05, 3.63) is 82.7 Å². The normalized spacial score (nSPS) is 11.1. The molecule has 0 radical (unpaired) electrons. The molecule has 0 aliphatic rings. The predicted octanol–water partition coefficient (Wildman–Crippen LogP) is 5.58. The Morgan fingerprint density at radius 3 is 2.32 bits per heavy atom. The quantitative estimate of drug-likeness (QED) is 0.417. The molecule has 0 spiro atoms. The lowest BCUT2D eigenvalue weighted by Gasteiger charge is -2.10. The van der Waals surface area contributed by atoms with Crippen LogP contribution in [-0.4, -0.2) is 23.4 Å². The minimum atomic E-state index is -0.310. The zero-order valence-electron chi connectivity index (χ0n) is 16.9. The van der Waals surface area contributed by atoms with E-state index in [-0.39, 0.29) is 5.97 Å². The van der Waals surface area contributed by atoms with Crippen LogP contribution in [0.1, 0.15) is 46.7 Å². The van der Waals surface area contributed by atoms with Gasteiger partial charge in [0.15, 0.2) is 0 Å². The molecule has 0 aliphatic carbocycles. The van der Waals surface area contributed by atoms with Gasteiger partial charge in [-0.1, -0.05) is 19.1 Å². The highest BCUT2D eigenvalue weighted by Gasteiger charge is 2.10. The summed E-state index contributed by atoms with van der Waals surface area (Å²) in [6.07, 6.45) is 2.91. The topological polar surface area (TPSA) is 43.6 Å². The number of hydrogen-bond donors (Lipinski definition) is 0. The zero-order chi connectivity index (χ0) is 20.1. The fourth-order valence-electron chi connectivity index (χ4n) is 3.24. The molecule has 144 valence electrons. The van der Waals surface area contributed by atoms with Gasteiger partial charge in [0.1, 0.15) is 0 Å². The molecule has 0 bridgehead atoms. The molecule has 1 aromatic heterocycles. The number of carbonyl (C=O) groups is 1. The second kappa shape index (κ2) is 8.70. The second-order valence-corrected chi connectivity index (χ2v) is 6.71. The van der Waals surface area contributed by atoms with Gasteiger partial charge in [-0.2, -0.15) is 0 Å². The fourth-order valence-corrected chi connectivity index (χ4v) is 3.24. The monoisotopic (exact) mass is 374 g/mol. The van der Waals surface area contributed by atoms with Crippen molar-refractivity contribution < 1.29 is 9.53 Å². The molecule has 0 unspecified atom stereocenters. The summed E-state index contributed by atoms with van der Waals surface area (Å²) in [6, 6.07) is 17.9. The average molecular weight is 374 g/mol. The highest BCUT2D eigenvalue weighted by Crippen LogP contribution is 2.21. The van der Waals surface area contributed by atoms with E-state index in [0.717, 1.165) is 29.1 Å². The second-order valence-electron chi connectivity index (χ2n) is 6.71. The van der Waals surface area contributed by atoms with Gasteiger partial charge in [-0.3, -0.25) is 4.99 Å². The van der Waals surface area contributed by atoms with Gasteiger partial charge in [-0.15, -0.1) is 0 Å². The van der Waals surface area contributed by atoms with Crippen LogP contribution in [0.2, 0.25) is 0 Å². The van der Waals surface area contributed by atoms with Gasteiger partial charge in [0.25, 0.3) is 0 Å². The van der Waals surface area contributed by atoms with Gasteiger partial charge < -0.3 is 9.30 Å². The summed E-state index contributed by atoms with van der Waals surface area (Å²) in [6.45, 7) is 8.54. The van der Waals surface area contributed by atoms with E-state index in [1.165, 1.54) is 11.3 Å².